The van der Waals surface area contributed by atoms with E-state index in [1.54, 1.807) is 13.8 Å². The summed E-state index contributed by atoms with van der Waals surface area (Å²) in [7, 11) is -3.50. The van der Waals surface area contributed by atoms with Crippen molar-refractivity contribution in [3.8, 4) is 0 Å². The minimum atomic E-state index is -3.50. The number of ketones is 1. The quantitative estimate of drug-likeness (QED) is 0.213. The van der Waals surface area contributed by atoms with Crippen molar-refractivity contribution in [2.24, 2.45) is 11.7 Å². The molecular formula is C37H51N7O9S. The number of carbonyl (C=O) groups is 5. The molecule has 3 atom stereocenters. The number of primary amides is 1. The zero-order chi connectivity index (χ0) is 38.8. The van der Waals surface area contributed by atoms with Crippen molar-refractivity contribution in [1.82, 2.24) is 30.5 Å². The van der Waals surface area contributed by atoms with Gasteiger partial charge in [0, 0.05) is 44.6 Å². The van der Waals surface area contributed by atoms with Gasteiger partial charge in [0.2, 0.25) is 17.6 Å². The van der Waals surface area contributed by atoms with Crippen LogP contribution in [0.3, 0.4) is 0 Å². The van der Waals surface area contributed by atoms with E-state index < -0.39 is 73.8 Å². The van der Waals surface area contributed by atoms with Gasteiger partial charge in [-0.25, -0.2) is 13.1 Å². The number of rotatable bonds is 13. The van der Waals surface area contributed by atoms with E-state index in [1.165, 1.54) is 40.0 Å². The van der Waals surface area contributed by atoms with Gasteiger partial charge in [0.15, 0.2) is 9.84 Å². The van der Waals surface area contributed by atoms with Gasteiger partial charge >= 0.3 is 0 Å². The van der Waals surface area contributed by atoms with Gasteiger partial charge in [-0.2, -0.15) is 0 Å². The average molecular weight is 770 g/mol. The maximum atomic E-state index is 14.8. The topological polar surface area (TPSA) is 233 Å². The number of hydrogen-bond donors (Lipinski definition) is 4. The van der Waals surface area contributed by atoms with Crippen LogP contribution in [0.4, 0.5) is 0 Å². The minimum Gasteiger partial charge on any atom is -0.384 e. The summed E-state index contributed by atoms with van der Waals surface area (Å²) < 4.78 is 32.8. The molecule has 0 spiro atoms. The average Bonchev–Trinajstić information content (AvgIpc) is 3.79. The van der Waals surface area contributed by atoms with Gasteiger partial charge in [0.25, 0.3) is 11.8 Å². The number of nitrogens with one attached hydrogen (secondary N) is 2. The van der Waals surface area contributed by atoms with E-state index in [0.29, 0.717) is 25.0 Å². The van der Waals surface area contributed by atoms with Gasteiger partial charge in [-0.05, 0) is 63.3 Å². The Bertz CT molecular complexity index is 1840. The number of Topliss-reactive ketones (excluding diaryl/α,β-unsaturated/α-hetero) is 1. The smallest absolute Gasteiger partial charge is 0.287 e. The summed E-state index contributed by atoms with van der Waals surface area (Å²) in [6, 6.07) is 2.88. The molecule has 2 aliphatic carbocycles. The molecule has 3 heterocycles. The first-order valence-electron chi connectivity index (χ1n) is 18.9. The Hall–Kier alpha value is -4.22. The number of nitrogens with two attached hydrogens (primary N) is 1. The SMILES string of the molecule is CC(C)(O)c1cnnn1[C@H]1C[C@@H](C(=O)NC2(C(=O)C(N)=O)CCOCC2)N(C(=O)C(CC2CCCCC2)NC(=O)c2ccc(S(=O)(=O)C3CCC3)cc2)C1. The highest BCUT2D eigenvalue weighted by Gasteiger charge is 2.49. The molecule has 1 unspecified atom stereocenters. The lowest BCUT2D eigenvalue weighted by Gasteiger charge is -2.37. The number of nitrogens with zero attached hydrogens (tertiary/aromatic N) is 4. The summed E-state index contributed by atoms with van der Waals surface area (Å²) in [5.41, 5.74) is 2.99. The number of likely N-dealkylation sites (tertiary alicyclic amines) is 1. The molecule has 4 aliphatic rings. The Morgan fingerprint density at radius 1 is 1.02 bits per heavy atom. The lowest BCUT2D eigenvalue weighted by Crippen LogP contribution is -2.64. The minimum absolute atomic E-state index is 0.0116. The molecule has 294 valence electrons. The third-order valence-electron chi connectivity index (χ3n) is 11.6. The van der Waals surface area contributed by atoms with Crippen molar-refractivity contribution in [2.45, 2.75) is 130 Å². The summed E-state index contributed by atoms with van der Waals surface area (Å²) in [6.07, 6.45) is 8.65. The second kappa shape index (κ2) is 15.9. The van der Waals surface area contributed by atoms with Crippen molar-refractivity contribution < 1.29 is 42.2 Å². The third-order valence-corrected chi connectivity index (χ3v) is 13.9. The summed E-state index contributed by atoms with van der Waals surface area (Å²) in [5, 5.41) is 24.3. The molecule has 16 nitrogen and oxygen atoms in total. The predicted molar refractivity (Wildman–Crippen MR) is 193 cm³/mol. The predicted octanol–water partition coefficient (Wildman–Crippen LogP) is 1.46. The molecule has 2 aliphatic heterocycles. The second-order valence-corrected chi connectivity index (χ2v) is 18.0. The third kappa shape index (κ3) is 8.22. The molecule has 2 aromatic rings. The Balaban J connectivity index is 1.30. The molecular weight excluding hydrogens is 719 g/mol. The molecule has 5 N–H and O–H groups in total. The first-order chi connectivity index (χ1) is 25.6. The van der Waals surface area contributed by atoms with Crippen molar-refractivity contribution in [3.05, 3.63) is 41.7 Å². The summed E-state index contributed by atoms with van der Waals surface area (Å²) in [6.45, 7) is 3.31. The molecule has 4 fully saturated rings. The summed E-state index contributed by atoms with van der Waals surface area (Å²) in [5.74, 6) is -3.80. The molecule has 1 aromatic heterocycles. The number of ether oxygens (including phenoxy) is 1. The Morgan fingerprint density at radius 3 is 2.28 bits per heavy atom. The number of benzene rings is 1. The normalized spacial score (nSPS) is 22.9. The highest BCUT2D eigenvalue weighted by atomic mass is 32.2. The van der Waals surface area contributed by atoms with Crippen LogP contribution in [0.1, 0.15) is 113 Å². The van der Waals surface area contributed by atoms with Crippen molar-refractivity contribution >= 4 is 39.2 Å². The zero-order valence-corrected chi connectivity index (χ0v) is 31.7. The van der Waals surface area contributed by atoms with E-state index in [9.17, 15) is 37.5 Å². The van der Waals surface area contributed by atoms with E-state index in [4.69, 9.17) is 10.5 Å². The fourth-order valence-corrected chi connectivity index (χ4v) is 10.1. The summed E-state index contributed by atoms with van der Waals surface area (Å²) >= 11 is 0. The van der Waals surface area contributed by atoms with Gasteiger partial charge in [-0.15, -0.1) is 5.10 Å². The maximum Gasteiger partial charge on any atom is 0.287 e. The van der Waals surface area contributed by atoms with Crippen molar-refractivity contribution in [2.75, 3.05) is 19.8 Å². The Kier molecular flexibility index (Phi) is 11.6. The Morgan fingerprint density at radius 2 is 1.69 bits per heavy atom. The van der Waals surface area contributed by atoms with Gasteiger partial charge < -0.3 is 31.1 Å². The highest BCUT2D eigenvalue weighted by molar-refractivity contribution is 7.92. The van der Waals surface area contributed by atoms with Crippen LogP contribution in [0.2, 0.25) is 0 Å². The van der Waals surface area contributed by atoms with Crippen LogP contribution in [0.15, 0.2) is 35.4 Å². The Labute approximate surface area is 314 Å². The number of amides is 4. The summed E-state index contributed by atoms with van der Waals surface area (Å²) in [4.78, 5) is 69.7. The van der Waals surface area contributed by atoms with E-state index in [2.05, 4.69) is 20.9 Å². The van der Waals surface area contributed by atoms with Crippen LogP contribution in [0.25, 0.3) is 0 Å². The van der Waals surface area contributed by atoms with Crippen LogP contribution in [-0.2, 0) is 39.4 Å². The van der Waals surface area contributed by atoms with E-state index in [0.717, 1.165) is 38.5 Å². The van der Waals surface area contributed by atoms with Crippen molar-refractivity contribution in [3.63, 3.8) is 0 Å². The molecule has 6 rings (SSSR count). The molecule has 54 heavy (non-hydrogen) atoms. The van der Waals surface area contributed by atoms with Gasteiger partial charge in [0.05, 0.1) is 28.1 Å². The van der Waals surface area contributed by atoms with Gasteiger partial charge in [-0.3, -0.25) is 24.0 Å². The van der Waals surface area contributed by atoms with Gasteiger partial charge in [0.1, 0.15) is 23.2 Å². The lowest BCUT2D eigenvalue weighted by molar-refractivity contribution is -0.147. The number of aromatic nitrogens is 3. The first kappa shape index (κ1) is 39.5. The number of carbonyl (C=O) groups excluding carboxylic acids is 5. The largest absolute Gasteiger partial charge is 0.384 e. The number of hydrogen-bond acceptors (Lipinski definition) is 11. The van der Waals surface area contributed by atoms with E-state index in [1.807, 2.05) is 0 Å². The second-order valence-electron chi connectivity index (χ2n) is 15.8. The van der Waals surface area contributed by atoms with E-state index >= 15 is 0 Å². The molecule has 0 radical (unpaired) electrons. The zero-order valence-electron chi connectivity index (χ0n) is 30.9. The molecule has 4 amide bonds. The lowest BCUT2D eigenvalue weighted by atomic mass is 9.84. The fourth-order valence-electron chi connectivity index (χ4n) is 8.21. The van der Waals surface area contributed by atoms with Gasteiger partial charge in [-0.1, -0.05) is 43.7 Å². The number of aliphatic hydroxyl groups is 1. The molecule has 1 aromatic carbocycles. The molecule has 0 bridgehead atoms. The van der Waals surface area contributed by atoms with Crippen LogP contribution in [-0.4, -0.2) is 105 Å². The highest BCUT2D eigenvalue weighted by Crippen LogP contribution is 2.35. The van der Waals surface area contributed by atoms with Crippen LogP contribution in [0.5, 0.6) is 0 Å². The van der Waals surface area contributed by atoms with Crippen LogP contribution >= 0.6 is 0 Å². The van der Waals surface area contributed by atoms with E-state index in [-0.39, 0.29) is 55.4 Å². The molecule has 2 saturated heterocycles. The maximum absolute atomic E-state index is 14.8. The van der Waals surface area contributed by atoms with Crippen LogP contribution in [0, 0.1) is 5.92 Å². The van der Waals surface area contributed by atoms with Crippen LogP contribution < -0.4 is 16.4 Å². The first-order valence-corrected chi connectivity index (χ1v) is 20.5. The molecule has 17 heteroatoms. The monoisotopic (exact) mass is 769 g/mol. The number of sulfone groups is 1. The fraction of sp³-hybridized carbons (Fsp3) is 0.649. The molecule has 2 saturated carbocycles. The van der Waals surface area contributed by atoms with Crippen molar-refractivity contribution in [1.29, 1.82) is 0 Å². The standard InChI is InChI=1S/C37H51N7O9S/c1-36(2,50)30-21-39-42-44(30)25-20-29(34(48)41-37(31(45)32(38)46)15-17-53-18-16-37)43(22-25)35(49)28(19-23-7-4-3-5-8-23)40-33(47)24-11-13-27(14-12-24)54(51,52)26-9-6-10-26/h11-14,21,23,25-26,28-29,50H,3-10,15-20,22H2,1-2H3,(H2,38,46)(H,40,47)(H,41,48)/t25-,28?,29-/m0/s1.